The monoisotopic (exact) mass is 214 g/mol. The molecule has 1 aromatic carbocycles. The van der Waals surface area contributed by atoms with E-state index in [0.717, 1.165) is 17.8 Å². The predicted octanol–water partition coefficient (Wildman–Crippen LogP) is 2.19. The molecule has 2 aromatic rings. The normalized spacial score (nSPS) is 10.1. The van der Waals surface area contributed by atoms with Crippen LogP contribution in [0.15, 0.2) is 48.8 Å². The summed E-state index contributed by atoms with van der Waals surface area (Å²) >= 11 is 0. The summed E-state index contributed by atoms with van der Waals surface area (Å²) in [4.78, 5) is 3.96. The van der Waals surface area contributed by atoms with Crippen molar-refractivity contribution in [1.82, 2.24) is 4.98 Å². The average molecular weight is 214 g/mol. The van der Waals surface area contributed by atoms with Gasteiger partial charge in [0.2, 0.25) is 0 Å². The summed E-state index contributed by atoms with van der Waals surface area (Å²) in [6.45, 7) is 0.869. The Balaban J connectivity index is 1.94. The van der Waals surface area contributed by atoms with Crippen molar-refractivity contribution in [1.29, 1.82) is 0 Å². The molecule has 0 aliphatic heterocycles. The molecule has 3 nitrogen and oxygen atoms in total. The maximum Gasteiger partial charge on any atom is 0.0681 e. The second-order valence-corrected chi connectivity index (χ2v) is 3.56. The van der Waals surface area contributed by atoms with Crippen molar-refractivity contribution in [2.75, 3.05) is 5.32 Å². The Labute approximate surface area is 94.8 Å². The van der Waals surface area contributed by atoms with Crippen LogP contribution in [-0.4, -0.2) is 10.1 Å². The smallest absolute Gasteiger partial charge is 0.0681 e. The van der Waals surface area contributed by atoms with Crippen molar-refractivity contribution in [3.63, 3.8) is 0 Å². The summed E-state index contributed by atoms with van der Waals surface area (Å²) in [6, 6.07) is 11.8. The molecule has 2 rings (SSSR count). The second-order valence-electron chi connectivity index (χ2n) is 3.56. The summed E-state index contributed by atoms with van der Waals surface area (Å²) in [6.07, 6.45) is 3.52. The maximum absolute atomic E-state index is 8.91. The molecule has 0 aliphatic rings. The second kappa shape index (κ2) is 5.28. The highest BCUT2D eigenvalue weighted by molar-refractivity contribution is 5.41. The van der Waals surface area contributed by atoms with E-state index in [2.05, 4.69) is 10.3 Å². The number of rotatable bonds is 4. The minimum atomic E-state index is 0.0953. The molecule has 0 unspecified atom stereocenters. The molecule has 0 fully saturated rings. The molecule has 0 bridgehead atoms. The molecular weight excluding hydrogens is 200 g/mol. The number of hydrogen-bond donors (Lipinski definition) is 2. The van der Waals surface area contributed by atoms with Crippen LogP contribution in [0.5, 0.6) is 0 Å². The van der Waals surface area contributed by atoms with Crippen LogP contribution in [0.1, 0.15) is 11.1 Å². The van der Waals surface area contributed by atoms with E-state index in [1.54, 1.807) is 12.4 Å². The van der Waals surface area contributed by atoms with Crippen molar-refractivity contribution in [2.45, 2.75) is 13.2 Å². The van der Waals surface area contributed by atoms with Crippen LogP contribution in [0.2, 0.25) is 0 Å². The van der Waals surface area contributed by atoms with Gasteiger partial charge in [-0.2, -0.15) is 0 Å². The Bertz CT molecular complexity index is 425. The van der Waals surface area contributed by atoms with Gasteiger partial charge in [-0.3, -0.25) is 4.98 Å². The molecule has 0 saturated carbocycles. The first kappa shape index (κ1) is 10.6. The molecule has 0 spiro atoms. The largest absolute Gasteiger partial charge is 0.392 e. The third-order valence-corrected chi connectivity index (χ3v) is 2.38. The fraction of sp³-hybridized carbons (Fsp3) is 0.154. The number of pyridine rings is 1. The van der Waals surface area contributed by atoms with Crippen LogP contribution in [0.25, 0.3) is 0 Å². The molecule has 0 amide bonds. The molecule has 1 aromatic heterocycles. The summed E-state index contributed by atoms with van der Waals surface area (Å²) in [5, 5.41) is 12.2. The molecule has 0 aliphatic carbocycles. The molecular formula is C13H14N2O. The Morgan fingerprint density at radius 3 is 2.19 bits per heavy atom. The van der Waals surface area contributed by atoms with Gasteiger partial charge in [-0.15, -0.1) is 0 Å². The quantitative estimate of drug-likeness (QED) is 0.820. The van der Waals surface area contributed by atoms with Crippen LogP contribution in [0, 0.1) is 0 Å². The van der Waals surface area contributed by atoms with E-state index < -0.39 is 0 Å². The molecule has 1 heterocycles. The lowest BCUT2D eigenvalue weighted by molar-refractivity contribution is 0.282. The van der Waals surface area contributed by atoms with Gasteiger partial charge in [0, 0.05) is 24.6 Å². The number of nitrogens with one attached hydrogen (secondary N) is 1. The van der Waals surface area contributed by atoms with Crippen LogP contribution in [0.3, 0.4) is 0 Å². The van der Waals surface area contributed by atoms with Crippen molar-refractivity contribution in [3.05, 3.63) is 59.9 Å². The lowest BCUT2D eigenvalue weighted by Crippen LogP contribution is -1.99. The highest BCUT2D eigenvalue weighted by atomic mass is 16.3. The van der Waals surface area contributed by atoms with Crippen LogP contribution < -0.4 is 5.32 Å². The van der Waals surface area contributed by atoms with Crippen LogP contribution in [-0.2, 0) is 13.2 Å². The van der Waals surface area contributed by atoms with Gasteiger partial charge in [0.05, 0.1) is 6.61 Å². The fourth-order valence-electron chi connectivity index (χ4n) is 1.44. The minimum absolute atomic E-state index is 0.0953. The van der Waals surface area contributed by atoms with Crippen LogP contribution in [0.4, 0.5) is 5.69 Å². The summed E-state index contributed by atoms with van der Waals surface area (Å²) in [7, 11) is 0. The Morgan fingerprint density at radius 2 is 1.56 bits per heavy atom. The summed E-state index contributed by atoms with van der Waals surface area (Å²) in [5.41, 5.74) is 3.18. The number of aliphatic hydroxyl groups excluding tert-OH is 1. The first-order valence-corrected chi connectivity index (χ1v) is 5.21. The number of hydrogen-bond acceptors (Lipinski definition) is 3. The Kier molecular flexibility index (Phi) is 3.51. The maximum atomic E-state index is 8.91. The molecule has 3 heteroatoms. The molecule has 0 radical (unpaired) electrons. The van der Waals surface area contributed by atoms with Crippen molar-refractivity contribution < 1.29 is 5.11 Å². The van der Waals surface area contributed by atoms with Gasteiger partial charge in [-0.25, -0.2) is 0 Å². The molecule has 0 atom stereocenters. The summed E-state index contributed by atoms with van der Waals surface area (Å²) in [5.74, 6) is 0. The summed E-state index contributed by atoms with van der Waals surface area (Å²) < 4.78 is 0. The Morgan fingerprint density at radius 1 is 0.938 bits per heavy atom. The van der Waals surface area contributed by atoms with Gasteiger partial charge in [0.15, 0.2) is 0 Å². The fourth-order valence-corrected chi connectivity index (χ4v) is 1.44. The van der Waals surface area contributed by atoms with Gasteiger partial charge in [0.25, 0.3) is 0 Å². The van der Waals surface area contributed by atoms with E-state index in [-0.39, 0.29) is 6.61 Å². The van der Waals surface area contributed by atoms with E-state index >= 15 is 0 Å². The molecule has 2 N–H and O–H groups in total. The van der Waals surface area contributed by atoms with Crippen molar-refractivity contribution in [2.24, 2.45) is 0 Å². The zero-order valence-electron chi connectivity index (χ0n) is 8.93. The zero-order chi connectivity index (χ0) is 11.2. The van der Waals surface area contributed by atoms with Gasteiger partial charge in [0.1, 0.15) is 0 Å². The van der Waals surface area contributed by atoms with E-state index in [9.17, 15) is 0 Å². The minimum Gasteiger partial charge on any atom is -0.392 e. The molecule has 0 saturated heterocycles. The number of aliphatic hydroxyl groups is 1. The predicted molar refractivity (Wildman–Crippen MR) is 63.9 cm³/mol. The van der Waals surface area contributed by atoms with Gasteiger partial charge in [-0.1, -0.05) is 24.3 Å². The van der Waals surface area contributed by atoms with E-state index in [1.807, 2.05) is 36.4 Å². The standard InChI is InChI=1S/C13H14N2O/c16-10-12-3-1-11(2-4-12)9-15-13-5-7-14-8-6-13/h1-8,16H,9-10H2,(H,14,15). The lowest BCUT2D eigenvalue weighted by Gasteiger charge is -2.06. The average Bonchev–Trinajstić information content (AvgIpc) is 2.38. The Hall–Kier alpha value is -1.87. The van der Waals surface area contributed by atoms with Crippen molar-refractivity contribution in [3.8, 4) is 0 Å². The lowest BCUT2D eigenvalue weighted by atomic mass is 10.1. The van der Waals surface area contributed by atoms with Crippen LogP contribution >= 0.6 is 0 Å². The van der Waals surface area contributed by atoms with Gasteiger partial charge in [-0.05, 0) is 23.3 Å². The van der Waals surface area contributed by atoms with E-state index in [0.29, 0.717) is 0 Å². The van der Waals surface area contributed by atoms with E-state index in [4.69, 9.17) is 5.11 Å². The number of benzene rings is 1. The number of anilines is 1. The number of nitrogens with zero attached hydrogens (tertiary/aromatic N) is 1. The van der Waals surface area contributed by atoms with E-state index in [1.165, 1.54) is 5.56 Å². The first-order valence-electron chi connectivity index (χ1n) is 5.21. The molecule has 82 valence electrons. The van der Waals surface area contributed by atoms with Crippen molar-refractivity contribution >= 4 is 5.69 Å². The van der Waals surface area contributed by atoms with Gasteiger partial charge < -0.3 is 10.4 Å². The molecule has 16 heavy (non-hydrogen) atoms. The zero-order valence-corrected chi connectivity index (χ0v) is 8.93. The third-order valence-electron chi connectivity index (χ3n) is 2.38. The highest BCUT2D eigenvalue weighted by Gasteiger charge is 1.94. The third kappa shape index (κ3) is 2.81. The number of aromatic nitrogens is 1. The topological polar surface area (TPSA) is 45.1 Å². The van der Waals surface area contributed by atoms with Gasteiger partial charge >= 0.3 is 0 Å². The highest BCUT2D eigenvalue weighted by Crippen LogP contribution is 2.08. The SMILES string of the molecule is OCc1ccc(CNc2ccncc2)cc1. The first-order chi connectivity index (χ1) is 7.88.